The second kappa shape index (κ2) is 15.9. The van der Waals surface area contributed by atoms with Gasteiger partial charge in [0.2, 0.25) is 17.7 Å². The van der Waals surface area contributed by atoms with Crippen molar-refractivity contribution < 1.29 is 38.5 Å². The van der Waals surface area contributed by atoms with Crippen LogP contribution in [0.2, 0.25) is 0 Å². The van der Waals surface area contributed by atoms with Crippen LogP contribution in [0.15, 0.2) is 78.9 Å². The van der Waals surface area contributed by atoms with Gasteiger partial charge in [-0.1, -0.05) is 55.3 Å². The second-order valence-corrected chi connectivity index (χ2v) is 14.1. The normalized spacial score (nSPS) is 22.1. The molecule has 4 atom stereocenters. The molecule has 12 heteroatoms. The zero-order chi connectivity index (χ0) is 36.9. The van der Waals surface area contributed by atoms with Gasteiger partial charge < -0.3 is 34.9 Å². The highest BCUT2D eigenvalue weighted by atomic mass is 16.5. The van der Waals surface area contributed by atoms with Crippen molar-refractivity contribution in [1.82, 2.24) is 20.5 Å². The van der Waals surface area contributed by atoms with Crippen molar-refractivity contribution in [2.24, 2.45) is 5.92 Å². The second-order valence-electron chi connectivity index (χ2n) is 14.1. The van der Waals surface area contributed by atoms with E-state index in [1.165, 1.54) is 4.90 Å². The molecule has 53 heavy (non-hydrogen) atoms. The molecule has 0 radical (unpaired) electrons. The number of carbonyl (C=O) groups excluding carboxylic acids is 3. The average molecular weight is 721 g/mol. The van der Waals surface area contributed by atoms with Crippen LogP contribution < -0.4 is 24.8 Å². The van der Waals surface area contributed by atoms with Gasteiger partial charge in [0.15, 0.2) is 0 Å². The lowest BCUT2D eigenvalue weighted by Crippen LogP contribution is -2.55. The van der Waals surface area contributed by atoms with Crippen LogP contribution in [0.5, 0.6) is 17.2 Å². The van der Waals surface area contributed by atoms with E-state index in [0.717, 1.165) is 35.8 Å². The number of hydrogen-bond acceptors (Lipinski definition) is 8. The van der Waals surface area contributed by atoms with Crippen LogP contribution in [-0.4, -0.2) is 83.2 Å². The van der Waals surface area contributed by atoms with E-state index in [-0.39, 0.29) is 38.3 Å². The summed E-state index contributed by atoms with van der Waals surface area (Å²) in [6.45, 7) is 0.276. The van der Waals surface area contributed by atoms with Crippen LogP contribution in [0.4, 0.5) is 0 Å². The van der Waals surface area contributed by atoms with Crippen LogP contribution in [0.25, 0.3) is 22.2 Å². The zero-order valence-electron chi connectivity index (χ0n) is 29.7. The number of rotatable bonds is 9. The van der Waals surface area contributed by atoms with Crippen LogP contribution in [0, 0.1) is 5.92 Å². The number of carbonyl (C=O) groups is 4. The Bertz CT molecular complexity index is 1980. The van der Waals surface area contributed by atoms with Crippen LogP contribution >= 0.6 is 0 Å². The van der Waals surface area contributed by atoms with Crippen molar-refractivity contribution in [3.05, 3.63) is 84.4 Å². The summed E-state index contributed by atoms with van der Waals surface area (Å²) in [7, 11) is 1.59. The van der Waals surface area contributed by atoms with E-state index in [4.69, 9.17) is 19.2 Å². The van der Waals surface area contributed by atoms with Gasteiger partial charge in [-0.05, 0) is 55.0 Å². The van der Waals surface area contributed by atoms with Gasteiger partial charge in [-0.2, -0.15) is 0 Å². The fraction of sp³-hybridized carbons (Fsp3) is 0.390. The molecule has 1 aromatic heterocycles. The van der Waals surface area contributed by atoms with Crippen LogP contribution in [0.3, 0.4) is 0 Å². The zero-order valence-corrected chi connectivity index (χ0v) is 29.7. The molecule has 2 bridgehead atoms. The lowest BCUT2D eigenvalue weighted by Gasteiger charge is -2.29. The number of fused-ring (bicyclic) bond motifs is 4. The smallest absolute Gasteiger partial charge is 0.326 e. The molecule has 3 aromatic carbocycles. The van der Waals surface area contributed by atoms with Crippen molar-refractivity contribution in [3.63, 3.8) is 0 Å². The Labute approximate surface area is 307 Å². The molecule has 4 aromatic rings. The van der Waals surface area contributed by atoms with Gasteiger partial charge in [0.05, 0.1) is 31.5 Å². The molecule has 3 aliphatic rings. The van der Waals surface area contributed by atoms with E-state index >= 15 is 0 Å². The van der Waals surface area contributed by atoms with E-state index in [2.05, 4.69) is 10.6 Å². The number of pyridine rings is 1. The molecule has 1 saturated carbocycles. The fourth-order valence-electron chi connectivity index (χ4n) is 7.12. The van der Waals surface area contributed by atoms with Gasteiger partial charge in [0, 0.05) is 42.3 Å². The summed E-state index contributed by atoms with van der Waals surface area (Å²) in [6, 6.07) is 21.1. The number of carboxylic acid groups (broad SMARTS) is 1. The quantitative estimate of drug-likeness (QED) is 0.219. The SMILES string of the molecule is COc1ccc2c(O[C@@H]3C[C@H]4C(=O)N[C@@H](C(=O)O)CCCOc5cccc(c5)C[C@@H](NC(=O)CCC5CC5)C(=O)N4C3)cc(-c3ccccc3)nc2c1. The molecule has 3 amide bonds. The number of methoxy groups -OCH3 is 1. The highest BCUT2D eigenvalue weighted by Crippen LogP contribution is 2.35. The molecule has 2 fully saturated rings. The highest BCUT2D eigenvalue weighted by Gasteiger charge is 2.44. The lowest BCUT2D eigenvalue weighted by molar-refractivity contribution is -0.145. The number of nitrogens with zero attached hydrogens (tertiary/aromatic N) is 2. The predicted octanol–water partition coefficient (Wildman–Crippen LogP) is 4.92. The maximum absolute atomic E-state index is 14.6. The van der Waals surface area contributed by atoms with Gasteiger partial charge >= 0.3 is 5.97 Å². The number of nitrogens with one attached hydrogen (secondary N) is 2. The molecular formula is C41H44N4O8. The highest BCUT2D eigenvalue weighted by molar-refractivity contribution is 5.94. The molecule has 1 saturated heterocycles. The summed E-state index contributed by atoms with van der Waals surface area (Å²) in [5.74, 6) is -0.192. The number of ether oxygens (including phenoxy) is 3. The molecule has 3 N–H and O–H groups in total. The molecule has 0 unspecified atom stereocenters. The number of amides is 3. The van der Waals surface area contributed by atoms with Crippen molar-refractivity contribution in [1.29, 1.82) is 0 Å². The summed E-state index contributed by atoms with van der Waals surface area (Å²) in [5, 5.41) is 16.4. The maximum atomic E-state index is 14.6. The molecule has 2 aliphatic heterocycles. The van der Waals surface area contributed by atoms with E-state index in [1.807, 2.05) is 72.8 Å². The minimum atomic E-state index is -1.19. The molecule has 12 nitrogen and oxygen atoms in total. The Morgan fingerprint density at radius 3 is 2.62 bits per heavy atom. The van der Waals surface area contributed by atoms with Crippen LogP contribution in [-0.2, 0) is 25.6 Å². The molecular weight excluding hydrogens is 676 g/mol. The van der Waals surface area contributed by atoms with Crippen molar-refractivity contribution in [2.45, 2.75) is 75.6 Å². The molecule has 0 spiro atoms. The van der Waals surface area contributed by atoms with Crippen molar-refractivity contribution >= 4 is 34.6 Å². The number of carboxylic acids is 1. The third-order valence-corrected chi connectivity index (χ3v) is 10.2. The third-order valence-electron chi connectivity index (χ3n) is 10.2. The number of benzene rings is 3. The van der Waals surface area contributed by atoms with E-state index < -0.39 is 42.0 Å². The van der Waals surface area contributed by atoms with E-state index in [1.54, 1.807) is 13.2 Å². The fourth-order valence-corrected chi connectivity index (χ4v) is 7.12. The summed E-state index contributed by atoms with van der Waals surface area (Å²) in [4.78, 5) is 60.5. The van der Waals surface area contributed by atoms with Gasteiger partial charge in [0.1, 0.15) is 41.5 Å². The molecule has 7 rings (SSSR count). The van der Waals surface area contributed by atoms with Gasteiger partial charge in [-0.25, -0.2) is 9.78 Å². The van der Waals surface area contributed by atoms with Crippen molar-refractivity contribution in [2.75, 3.05) is 20.3 Å². The Kier molecular flexibility index (Phi) is 10.7. The first-order valence-corrected chi connectivity index (χ1v) is 18.3. The topological polar surface area (TPSA) is 156 Å². The Morgan fingerprint density at radius 2 is 1.85 bits per heavy atom. The molecule has 3 heterocycles. The number of hydrogen-bond donors (Lipinski definition) is 3. The first-order chi connectivity index (χ1) is 25.7. The monoisotopic (exact) mass is 720 g/mol. The predicted molar refractivity (Wildman–Crippen MR) is 197 cm³/mol. The minimum Gasteiger partial charge on any atom is -0.497 e. The maximum Gasteiger partial charge on any atom is 0.326 e. The number of aromatic nitrogens is 1. The average Bonchev–Trinajstić information content (AvgIpc) is 3.91. The Hall–Kier alpha value is -5.65. The van der Waals surface area contributed by atoms with Crippen molar-refractivity contribution in [3.8, 4) is 28.5 Å². The summed E-state index contributed by atoms with van der Waals surface area (Å²) >= 11 is 0. The largest absolute Gasteiger partial charge is 0.497 e. The van der Waals surface area contributed by atoms with Crippen LogP contribution in [0.1, 0.15) is 50.5 Å². The van der Waals surface area contributed by atoms with E-state index in [0.29, 0.717) is 47.2 Å². The molecule has 276 valence electrons. The summed E-state index contributed by atoms with van der Waals surface area (Å²) < 4.78 is 18.1. The standard InChI is InChI=1S/C41H44N4O8/c1-51-28-15-16-31-34(21-28)42-33(27-8-3-2-4-9-27)23-37(31)53-30-22-36-39(47)44-32(41(49)50)11-6-18-52-29-10-5-7-26(19-29)20-35(40(48)45(36)24-30)43-38(46)17-14-25-12-13-25/h2-5,7-10,15-16,19,21,23,25,30,32,35-36H,6,11-14,17-18,20,22,24H2,1H3,(H,43,46)(H,44,47)(H,49,50)/t30-,32-,35-,36+/m1/s1. The van der Waals surface area contributed by atoms with Gasteiger partial charge in [0.25, 0.3) is 0 Å². The summed E-state index contributed by atoms with van der Waals surface area (Å²) in [5.41, 5.74) is 2.98. The summed E-state index contributed by atoms with van der Waals surface area (Å²) in [6.07, 6.45) is 3.43. The lowest BCUT2D eigenvalue weighted by atomic mass is 10.0. The van der Waals surface area contributed by atoms with Gasteiger partial charge in [-0.3, -0.25) is 14.4 Å². The Balaban J connectivity index is 1.23. The van der Waals surface area contributed by atoms with E-state index in [9.17, 15) is 24.3 Å². The first kappa shape index (κ1) is 35.7. The van der Waals surface area contributed by atoms with Gasteiger partial charge in [-0.15, -0.1) is 0 Å². The molecule has 1 aliphatic carbocycles. The first-order valence-electron chi connectivity index (χ1n) is 18.3. The third kappa shape index (κ3) is 8.70. The Morgan fingerprint density at radius 1 is 1.02 bits per heavy atom. The minimum absolute atomic E-state index is 0.0346. The number of aliphatic carboxylic acids is 1.